The van der Waals surface area contributed by atoms with Crippen LogP contribution in [0.3, 0.4) is 0 Å². The van der Waals surface area contributed by atoms with Crippen molar-refractivity contribution >= 4 is 16.6 Å². The fourth-order valence-corrected chi connectivity index (χ4v) is 3.88. The molecule has 1 atom stereocenters. The van der Waals surface area contributed by atoms with E-state index in [0.717, 1.165) is 24.8 Å². The number of fused-ring (bicyclic) bond motifs is 1. The molecule has 0 spiro atoms. The molecule has 1 aromatic heterocycles. The molecular formula is C23H28N2. The molecule has 0 saturated heterocycles. The standard InChI is InChI=1S/C23H28N2/c1-5-9-18-14-20(24-4)12-16(3)23(18)21(6-2)19-13-17-10-7-8-11-22(17)25-15-19/h7-8,10-15,21,24H,5-6,9H2,1-4H3. The Balaban J connectivity index is 2.13. The Bertz CT molecular complexity index is 867. The Morgan fingerprint density at radius 1 is 1.08 bits per heavy atom. The van der Waals surface area contributed by atoms with Crippen molar-refractivity contribution in [2.75, 3.05) is 12.4 Å². The Kier molecular flexibility index (Phi) is 5.37. The maximum Gasteiger partial charge on any atom is 0.0702 e. The third-order valence-electron chi connectivity index (χ3n) is 5.05. The van der Waals surface area contributed by atoms with E-state index in [1.165, 1.54) is 33.3 Å². The zero-order chi connectivity index (χ0) is 17.8. The van der Waals surface area contributed by atoms with Gasteiger partial charge in [-0.25, -0.2) is 0 Å². The first-order valence-electron chi connectivity index (χ1n) is 9.33. The van der Waals surface area contributed by atoms with Crippen LogP contribution < -0.4 is 5.32 Å². The first kappa shape index (κ1) is 17.5. The number of anilines is 1. The molecule has 0 fully saturated rings. The van der Waals surface area contributed by atoms with Crippen molar-refractivity contribution in [1.29, 1.82) is 0 Å². The number of pyridine rings is 1. The SMILES string of the molecule is CCCc1cc(NC)cc(C)c1C(CC)c1cnc2ccccc2c1. The molecule has 0 aliphatic carbocycles. The van der Waals surface area contributed by atoms with Gasteiger partial charge in [-0.15, -0.1) is 0 Å². The Labute approximate surface area is 151 Å². The van der Waals surface area contributed by atoms with E-state index in [1.807, 2.05) is 13.1 Å². The van der Waals surface area contributed by atoms with Crippen molar-refractivity contribution in [2.24, 2.45) is 0 Å². The minimum absolute atomic E-state index is 0.393. The van der Waals surface area contributed by atoms with Gasteiger partial charge in [0.05, 0.1) is 5.52 Å². The summed E-state index contributed by atoms with van der Waals surface area (Å²) < 4.78 is 0. The van der Waals surface area contributed by atoms with Crippen LogP contribution in [0.25, 0.3) is 10.9 Å². The topological polar surface area (TPSA) is 24.9 Å². The van der Waals surface area contributed by atoms with Crippen molar-refractivity contribution in [3.63, 3.8) is 0 Å². The lowest BCUT2D eigenvalue weighted by atomic mass is 9.82. The summed E-state index contributed by atoms with van der Waals surface area (Å²) in [5, 5.41) is 4.52. The first-order chi connectivity index (χ1) is 12.2. The van der Waals surface area contributed by atoms with Crippen LogP contribution in [0.1, 0.15) is 54.9 Å². The van der Waals surface area contributed by atoms with Gasteiger partial charge >= 0.3 is 0 Å². The van der Waals surface area contributed by atoms with Crippen LogP contribution in [-0.4, -0.2) is 12.0 Å². The summed E-state index contributed by atoms with van der Waals surface area (Å²) in [6.45, 7) is 6.77. The third-order valence-corrected chi connectivity index (χ3v) is 5.05. The van der Waals surface area contributed by atoms with Crippen LogP contribution >= 0.6 is 0 Å². The van der Waals surface area contributed by atoms with Gasteiger partial charge in [0, 0.05) is 30.2 Å². The van der Waals surface area contributed by atoms with Crippen LogP contribution in [0.2, 0.25) is 0 Å². The highest BCUT2D eigenvalue weighted by atomic mass is 14.8. The van der Waals surface area contributed by atoms with Crippen LogP contribution in [0.4, 0.5) is 5.69 Å². The van der Waals surface area contributed by atoms with E-state index in [2.05, 4.69) is 68.7 Å². The van der Waals surface area contributed by atoms with E-state index >= 15 is 0 Å². The third kappa shape index (κ3) is 3.53. The van der Waals surface area contributed by atoms with Crippen LogP contribution in [-0.2, 0) is 6.42 Å². The number of hydrogen-bond donors (Lipinski definition) is 1. The van der Waals surface area contributed by atoms with Gasteiger partial charge in [-0.2, -0.15) is 0 Å². The molecule has 2 aromatic carbocycles. The number of rotatable bonds is 6. The lowest BCUT2D eigenvalue weighted by Gasteiger charge is -2.23. The fraction of sp³-hybridized carbons (Fsp3) is 0.348. The predicted octanol–water partition coefficient (Wildman–Crippen LogP) is 6.08. The summed E-state index contributed by atoms with van der Waals surface area (Å²) in [6, 6.07) is 15.3. The van der Waals surface area contributed by atoms with Crippen molar-refractivity contribution in [3.05, 3.63) is 70.9 Å². The predicted molar refractivity (Wildman–Crippen MR) is 109 cm³/mol. The molecule has 0 aliphatic heterocycles. The molecule has 3 aromatic rings. The van der Waals surface area contributed by atoms with Gasteiger partial charge in [0.2, 0.25) is 0 Å². The maximum atomic E-state index is 4.70. The summed E-state index contributed by atoms with van der Waals surface area (Å²) >= 11 is 0. The molecule has 0 aliphatic rings. The van der Waals surface area contributed by atoms with Gasteiger partial charge in [-0.1, -0.05) is 38.5 Å². The monoisotopic (exact) mass is 332 g/mol. The summed E-state index contributed by atoms with van der Waals surface area (Å²) in [7, 11) is 1.99. The van der Waals surface area contributed by atoms with Gasteiger partial charge in [0.15, 0.2) is 0 Å². The molecule has 1 heterocycles. The Morgan fingerprint density at radius 2 is 1.88 bits per heavy atom. The summed E-state index contributed by atoms with van der Waals surface area (Å²) in [6.07, 6.45) is 5.42. The summed E-state index contributed by atoms with van der Waals surface area (Å²) in [5.41, 5.74) is 7.91. The van der Waals surface area contributed by atoms with Gasteiger partial charge in [-0.05, 0) is 66.3 Å². The quantitative estimate of drug-likeness (QED) is 0.592. The molecule has 1 unspecified atom stereocenters. The van der Waals surface area contributed by atoms with E-state index in [9.17, 15) is 0 Å². The Morgan fingerprint density at radius 3 is 2.60 bits per heavy atom. The van der Waals surface area contributed by atoms with E-state index in [0.29, 0.717) is 5.92 Å². The molecule has 3 rings (SSSR count). The first-order valence-corrected chi connectivity index (χ1v) is 9.33. The molecule has 2 nitrogen and oxygen atoms in total. The normalized spacial score (nSPS) is 12.3. The molecule has 2 heteroatoms. The molecular weight excluding hydrogens is 304 g/mol. The minimum atomic E-state index is 0.393. The van der Waals surface area contributed by atoms with Gasteiger partial charge in [0.25, 0.3) is 0 Å². The molecule has 0 amide bonds. The highest BCUT2D eigenvalue weighted by Crippen LogP contribution is 2.35. The molecule has 0 saturated carbocycles. The molecule has 25 heavy (non-hydrogen) atoms. The summed E-state index contributed by atoms with van der Waals surface area (Å²) in [5.74, 6) is 0.393. The lowest BCUT2D eigenvalue weighted by molar-refractivity contribution is 0.749. The number of hydrogen-bond acceptors (Lipinski definition) is 2. The second-order valence-corrected chi connectivity index (χ2v) is 6.79. The smallest absolute Gasteiger partial charge is 0.0702 e. The second-order valence-electron chi connectivity index (χ2n) is 6.79. The number of aromatic nitrogens is 1. The van der Waals surface area contributed by atoms with Crippen molar-refractivity contribution in [2.45, 2.75) is 46.0 Å². The van der Waals surface area contributed by atoms with E-state index in [4.69, 9.17) is 4.98 Å². The maximum absolute atomic E-state index is 4.70. The highest BCUT2D eigenvalue weighted by Gasteiger charge is 2.19. The van der Waals surface area contributed by atoms with Crippen molar-refractivity contribution in [3.8, 4) is 0 Å². The molecule has 0 bridgehead atoms. The molecule has 0 radical (unpaired) electrons. The fourth-order valence-electron chi connectivity index (χ4n) is 3.88. The molecule has 1 N–H and O–H groups in total. The number of aryl methyl sites for hydroxylation is 2. The summed E-state index contributed by atoms with van der Waals surface area (Å²) in [4.78, 5) is 4.70. The second kappa shape index (κ2) is 7.69. The van der Waals surface area contributed by atoms with E-state index < -0.39 is 0 Å². The van der Waals surface area contributed by atoms with E-state index in [1.54, 1.807) is 0 Å². The molecule has 130 valence electrons. The average molecular weight is 332 g/mol. The average Bonchev–Trinajstić information content (AvgIpc) is 2.64. The van der Waals surface area contributed by atoms with Crippen molar-refractivity contribution in [1.82, 2.24) is 4.98 Å². The van der Waals surface area contributed by atoms with Gasteiger partial charge in [-0.3, -0.25) is 4.98 Å². The lowest BCUT2D eigenvalue weighted by Crippen LogP contribution is -2.08. The number of nitrogens with one attached hydrogen (secondary N) is 1. The zero-order valence-electron chi connectivity index (χ0n) is 15.8. The van der Waals surface area contributed by atoms with Crippen molar-refractivity contribution < 1.29 is 0 Å². The van der Waals surface area contributed by atoms with Crippen LogP contribution in [0.5, 0.6) is 0 Å². The zero-order valence-corrected chi connectivity index (χ0v) is 15.8. The van der Waals surface area contributed by atoms with Gasteiger partial charge < -0.3 is 5.32 Å². The van der Waals surface area contributed by atoms with E-state index in [-0.39, 0.29) is 0 Å². The minimum Gasteiger partial charge on any atom is -0.388 e. The number of nitrogens with zero attached hydrogens (tertiary/aromatic N) is 1. The highest BCUT2D eigenvalue weighted by molar-refractivity contribution is 5.79. The largest absolute Gasteiger partial charge is 0.388 e. The Hall–Kier alpha value is -2.35. The number of benzene rings is 2. The van der Waals surface area contributed by atoms with Crippen LogP contribution in [0.15, 0.2) is 48.7 Å². The van der Waals surface area contributed by atoms with Crippen LogP contribution in [0, 0.1) is 6.92 Å². The number of para-hydroxylation sites is 1. The van der Waals surface area contributed by atoms with Gasteiger partial charge in [0.1, 0.15) is 0 Å².